The van der Waals surface area contributed by atoms with Crippen molar-refractivity contribution in [2.45, 2.75) is 243 Å². The van der Waals surface area contributed by atoms with Gasteiger partial charge in [0.05, 0.1) is 11.1 Å². The van der Waals surface area contributed by atoms with Crippen LogP contribution in [0.15, 0.2) is 194 Å². The van der Waals surface area contributed by atoms with E-state index in [0.29, 0.717) is 28.9 Å². The van der Waals surface area contributed by atoms with Crippen molar-refractivity contribution in [2.75, 3.05) is 0 Å². The molecule has 0 aliphatic rings. The summed E-state index contributed by atoms with van der Waals surface area (Å²) in [6.07, 6.45) is 25.4. The normalized spacial score (nSPS) is 15.3. The van der Waals surface area contributed by atoms with Gasteiger partial charge in [-0.15, -0.1) is 0 Å². The van der Waals surface area contributed by atoms with E-state index < -0.39 is 11.2 Å². The molecule has 6 aromatic rings. The fourth-order valence-electron chi connectivity index (χ4n) is 13.3. The number of allylic oxidation sites excluding steroid dienone is 8. The highest BCUT2D eigenvalue weighted by molar-refractivity contribution is 5.90. The van der Waals surface area contributed by atoms with Crippen molar-refractivity contribution in [3.05, 3.63) is 260 Å². The zero-order chi connectivity index (χ0) is 67.6. The topological polar surface area (TPSA) is 52.6 Å². The molecule has 0 saturated carbocycles. The van der Waals surface area contributed by atoms with Gasteiger partial charge in [-0.05, 0) is 240 Å². The van der Waals surface area contributed by atoms with E-state index in [9.17, 15) is 9.59 Å². The van der Waals surface area contributed by atoms with E-state index in [-0.39, 0.29) is 51.9 Å². The van der Waals surface area contributed by atoms with Crippen molar-refractivity contribution >= 4 is 11.9 Å². The zero-order valence-corrected chi connectivity index (χ0v) is 60.6. The van der Waals surface area contributed by atoms with Crippen molar-refractivity contribution in [3.63, 3.8) is 0 Å². The number of carbonyl (C=O) groups is 2. The highest BCUT2D eigenvalue weighted by Gasteiger charge is 2.40. The maximum Gasteiger partial charge on any atom is 0.338 e. The lowest BCUT2D eigenvalue weighted by molar-refractivity contribution is 0.00569. The molecule has 0 aliphatic carbocycles. The molecule has 6 aromatic carbocycles. The summed E-state index contributed by atoms with van der Waals surface area (Å²) in [4.78, 5) is 26.6. The van der Waals surface area contributed by atoms with Gasteiger partial charge in [-0.25, -0.2) is 9.59 Å². The van der Waals surface area contributed by atoms with Gasteiger partial charge >= 0.3 is 11.9 Å². The molecule has 7 unspecified atom stereocenters. The van der Waals surface area contributed by atoms with E-state index in [2.05, 4.69) is 254 Å². The molecule has 0 aromatic heterocycles. The van der Waals surface area contributed by atoms with Crippen molar-refractivity contribution in [1.82, 2.24) is 0 Å². The van der Waals surface area contributed by atoms with Crippen LogP contribution < -0.4 is 0 Å². The first kappa shape index (κ1) is 74.3. The molecule has 0 bridgehead atoms. The summed E-state index contributed by atoms with van der Waals surface area (Å²) in [5.41, 5.74) is 14.7. The number of benzene rings is 6. The Labute approximate surface area is 559 Å². The number of carbonyl (C=O) groups excluding carboxylic acids is 2. The summed E-state index contributed by atoms with van der Waals surface area (Å²) in [7, 11) is 0. The minimum atomic E-state index is -0.572. The molecule has 0 radical (unpaired) electrons. The van der Waals surface area contributed by atoms with Gasteiger partial charge in [0.2, 0.25) is 0 Å². The van der Waals surface area contributed by atoms with E-state index in [4.69, 9.17) is 9.47 Å². The van der Waals surface area contributed by atoms with Crippen molar-refractivity contribution < 1.29 is 19.1 Å². The SMILES string of the molecule is C/C=C/C=C/CC=CCc1ccc(C(CC(CCc2ccc(CC)cc2)c2ccc(CC(C)CC(c3ccc(C(=O)OC(C)(C)C)cc3)C(C)C(C)(C)CC(c3ccc(C)cc3)C(C)(C)C)cc2)C(C)=CC(c2ccc(C(=O)OC(C)(C)C)cc2)C(C)(C)CC)cc1. The van der Waals surface area contributed by atoms with E-state index in [1.54, 1.807) is 0 Å². The molecule has 4 heteroatoms. The van der Waals surface area contributed by atoms with Crippen molar-refractivity contribution in [1.29, 1.82) is 0 Å². The Morgan fingerprint density at radius 2 is 1.02 bits per heavy atom. The molecule has 7 atom stereocenters. The summed E-state index contributed by atoms with van der Waals surface area (Å²) in [6, 6.07) is 54.4. The molecule has 0 amide bonds. The second-order valence-corrected chi connectivity index (χ2v) is 31.5. The van der Waals surface area contributed by atoms with Gasteiger partial charge in [-0.1, -0.05) is 258 Å². The molecule has 0 aliphatic heterocycles. The van der Waals surface area contributed by atoms with E-state index in [0.717, 1.165) is 64.2 Å². The Bertz CT molecular complexity index is 3340. The van der Waals surface area contributed by atoms with Crippen LogP contribution in [0.25, 0.3) is 0 Å². The Morgan fingerprint density at radius 1 is 0.522 bits per heavy atom. The Kier molecular flexibility index (Phi) is 26.9. The van der Waals surface area contributed by atoms with Crippen LogP contribution >= 0.6 is 0 Å². The van der Waals surface area contributed by atoms with Gasteiger partial charge in [-0.3, -0.25) is 0 Å². The average molecular weight is 1240 g/mol. The van der Waals surface area contributed by atoms with Gasteiger partial charge in [-0.2, -0.15) is 0 Å². The fraction of sp³-hybridized carbons (Fsp3) is 0.477. The first-order valence-electron chi connectivity index (χ1n) is 34.9. The summed E-state index contributed by atoms with van der Waals surface area (Å²) in [6.45, 7) is 44.5. The quantitative estimate of drug-likeness (QED) is 0.0256. The van der Waals surface area contributed by atoms with Crippen molar-refractivity contribution in [3.8, 4) is 0 Å². The highest BCUT2D eigenvalue weighted by atomic mass is 16.6. The average Bonchev–Trinajstić information content (AvgIpc) is 0.831. The number of rotatable bonds is 30. The van der Waals surface area contributed by atoms with Crippen LogP contribution in [0.4, 0.5) is 0 Å². The summed E-state index contributed by atoms with van der Waals surface area (Å²) in [5.74, 6) is 1.32. The predicted molar refractivity (Wildman–Crippen MR) is 393 cm³/mol. The molecule has 0 fully saturated rings. The lowest BCUT2D eigenvalue weighted by Crippen LogP contribution is -2.33. The van der Waals surface area contributed by atoms with E-state index >= 15 is 0 Å². The minimum Gasteiger partial charge on any atom is -0.456 e. The maximum atomic E-state index is 13.3. The molecule has 6 rings (SSSR count). The third-order valence-electron chi connectivity index (χ3n) is 19.7. The highest BCUT2D eigenvalue weighted by Crippen LogP contribution is 2.51. The van der Waals surface area contributed by atoms with Gasteiger partial charge in [0.25, 0.3) is 0 Å². The maximum absolute atomic E-state index is 13.3. The van der Waals surface area contributed by atoms with Crippen LogP contribution in [0, 0.1) is 35.0 Å². The van der Waals surface area contributed by atoms with Crippen LogP contribution in [-0.4, -0.2) is 23.1 Å². The predicted octanol–water partition coefficient (Wildman–Crippen LogP) is 24.4. The summed E-state index contributed by atoms with van der Waals surface area (Å²) >= 11 is 0. The van der Waals surface area contributed by atoms with Crippen molar-refractivity contribution in [2.24, 2.45) is 28.1 Å². The molecule has 0 spiro atoms. The van der Waals surface area contributed by atoms with E-state index in [1.807, 2.05) is 72.7 Å². The number of aryl methyl sites for hydroxylation is 3. The lowest BCUT2D eigenvalue weighted by Gasteiger charge is -2.44. The molecule has 0 heterocycles. The third-order valence-corrected chi connectivity index (χ3v) is 19.7. The minimum absolute atomic E-state index is 0.0118. The molecule has 92 heavy (non-hydrogen) atoms. The summed E-state index contributed by atoms with van der Waals surface area (Å²) < 4.78 is 11.6. The van der Waals surface area contributed by atoms with Crippen LogP contribution in [0.5, 0.6) is 0 Å². The largest absolute Gasteiger partial charge is 0.456 e. The lowest BCUT2D eigenvalue weighted by atomic mass is 9.61. The zero-order valence-electron chi connectivity index (χ0n) is 60.6. The second kappa shape index (κ2) is 33.4. The smallest absolute Gasteiger partial charge is 0.338 e. The number of hydrogen-bond acceptors (Lipinski definition) is 4. The van der Waals surface area contributed by atoms with Gasteiger partial charge in [0.1, 0.15) is 11.2 Å². The Morgan fingerprint density at radius 3 is 1.54 bits per heavy atom. The number of hydrogen-bond donors (Lipinski definition) is 0. The number of esters is 2. The Hall–Kier alpha value is -6.78. The standard InChI is InChI=1S/C88H118O4/c1-21-24-25-26-27-28-29-30-67-37-46-71(47-38-67)78(64(6)59-80(87(17,18)23-3)73-51-55-76(56-52-73)83(90)92-86(14,15)16)60-77(48-39-68-35-33-66(22-2)34-36-68)70-44-40-69(41-45-70)57-63(5)58-79(72-49-53-75(54-50-72)82(89)91-85(11,12)13)65(7)88(19,20)61-81(84(8,9)10)74-42-31-62(4)32-43-74/h21,24-26,28-29,31-38,40-47,49-56,59,63,65,77-81H,22-23,27,30,39,48,57-58,60-61H2,1-20H3/b24-21+,26-25+,29-28?,64-59?. The molecule has 0 saturated heterocycles. The molecule has 494 valence electrons. The van der Waals surface area contributed by atoms with Crippen LogP contribution in [0.3, 0.4) is 0 Å². The first-order chi connectivity index (χ1) is 43.3. The molecule has 4 nitrogen and oxygen atoms in total. The molecule has 0 N–H and O–H groups in total. The van der Waals surface area contributed by atoms with Crippen LogP contribution in [-0.2, 0) is 35.2 Å². The fourth-order valence-corrected chi connectivity index (χ4v) is 13.3. The Balaban J connectivity index is 1.37. The van der Waals surface area contributed by atoms with E-state index in [1.165, 1.54) is 61.2 Å². The summed E-state index contributed by atoms with van der Waals surface area (Å²) in [5, 5.41) is 0. The second-order valence-electron chi connectivity index (χ2n) is 31.5. The third kappa shape index (κ3) is 22.8. The monoisotopic (exact) mass is 1240 g/mol. The number of ether oxygens (including phenoxy) is 2. The van der Waals surface area contributed by atoms with Gasteiger partial charge in [0, 0.05) is 11.8 Å². The molecular formula is C88H118O4. The van der Waals surface area contributed by atoms with Gasteiger partial charge in [0.15, 0.2) is 0 Å². The van der Waals surface area contributed by atoms with Gasteiger partial charge < -0.3 is 9.47 Å². The molecular weight excluding hydrogens is 1120 g/mol. The first-order valence-corrected chi connectivity index (χ1v) is 34.9. The van der Waals surface area contributed by atoms with Crippen LogP contribution in [0.2, 0.25) is 0 Å². The van der Waals surface area contributed by atoms with Crippen LogP contribution in [0.1, 0.15) is 276 Å².